The minimum Gasteiger partial charge on any atom is -0.354 e. The standard InChI is InChI=1S/C12H13ClN2O2S/c13-8-2-1-3-9(6-8)15-11(16)7-10-12(17)14-4-5-18-10/h1-3,6,10H,4-5,7H2,(H,14,17)(H,15,16)/t10-/m0/s1. The second-order valence-corrected chi connectivity index (χ2v) is 5.66. The van der Waals surface area contributed by atoms with Crippen LogP contribution in [0, 0.1) is 0 Å². The first-order chi connectivity index (χ1) is 8.65. The molecule has 0 radical (unpaired) electrons. The fraction of sp³-hybridized carbons (Fsp3) is 0.333. The molecular formula is C12H13ClN2O2S. The monoisotopic (exact) mass is 284 g/mol. The Bertz CT molecular complexity index is 467. The molecule has 0 aliphatic carbocycles. The van der Waals surface area contributed by atoms with E-state index in [1.807, 2.05) is 0 Å². The van der Waals surface area contributed by atoms with Crippen LogP contribution in [-0.4, -0.2) is 29.4 Å². The number of hydrogen-bond acceptors (Lipinski definition) is 3. The molecule has 0 spiro atoms. The van der Waals surface area contributed by atoms with Gasteiger partial charge in [-0.3, -0.25) is 9.59 Å². The molecule has 1 aromatic rings. The van der Waals surface area contributed by atoms with Crippen LogP contribution in [-0.2, 0) is 9.59 Å². The van der Waals surface area contributed by atoms with Crippen LogP contribution >= 0.6 is 23.4 Å². The summed E-state index contributed by atoms with van der Waals surface area (Å²) in [5, 5.41) is 5.76. The van der Waals surface area contributed by atoms with Crippen molar-refractivity contribution in [3.63, 3.8) is 0 Å². The predicted molar refractivity (Wildman–Crippen MR) is 74.0 cm³/mol. The van der Waals surface area contributed by atoms with Crippen LogP contribution in [0.15, 0.2) is 24.3 Å². The van der Waals surface area contributed by atoms with Gasteiger partial charge in [0.05, 0.1) is 5.25 Å². The lowest BCUT2D eigenvalue weighted by atomic mass is 10.2. The van der Waals surface area contributed by atoms with Gasteiger partial charge in [-0.15, -0.1) is 11.8 Å². The average Bonchev–Trinajstić information content (AvgIpc) is 2.32. The van der Waals surface area contributed by atoms with Crippen molar-refractivity contribution in [1.82, 2.24) is 5.32 Å². The minimum atomic E-state index is -0.294. The summed E-state index contributed by atoms with van der Waals surface area (Å²) < 4.78 is 0. The molecule has 1 atom stereocenters. The van der Waals surface area contributed by atoms with E-state index in [0.717, 1.165) is 5.75 Å². The molecule has 96 valence electrons. The molecule has 2 N–H and O–H groups in total. The Morgan fingerprint density at radius 1 is 1.56 bits per heavy atom. The molecule has 18 heavy (non-hydrogen) atoms. The van der Waals surface area contributed by atoms with Gasteiger partial charge in [0.25, 0.3) is 0 Å². The van der Waals surface area contributed by atoms with Gasteiger partial charge in [-0.1, -0.05) is 17.7 Å². The van der Waals surface area contributed by atoms with E-state index in [0.29, 0.717) is 17.3 Å². The Kier molecular flexibility index (Phi) is 4.49. The highest BCUT2D eigenvalue weighted by Gasteiger charge is 2.25. The van der Waals surface area contributed by atoms with Gasteiger partial charge in [0.2, 0.25) is 11.8 Å². The van der Waals surface area contributed by atoms with Crippen LogP contribution in [0.1, 0.15) is 6.42 Å². The van der Waals surface area contributed by atoms with Gasteiger partial charge in [-0.2, -0.15) is 0 Å². The van der Waals surface area contributed by atoms with Crippen molar-refractivity contribution in [1.29, 1.82) is 0 Å². The van der Waals surface area contributed by atoms with E-state index in [1.54, 1.807) is 24.3 Å². The number of hydrogen-bond donors (Lipinski definition) is 2. The first kappa shape index (κ1) is 13.2. The molecule has 1 aliphatic heterocycles. The van der Waals surface area contributed by atoms with Gasteiger partial charge in [-0.25, -0.2) is 0 Å². The minimum absolute atomic E-state index is 0.0625. The summed E-state index contributed by atoms with van der Waals surface area (Å²) in [6, 6.07) is 6.94. The maximum Gasteiger partial charge on any atom is 0.233 e. The smallest absolute Gasteiger partial charge is 0.233 e. The zero-order valence-electron chi connectivity index (χ0n) is 9.61. The Labute approximate surface area is 114 Å². The van der Waals surface area contributed by atoms with Crippen molar-refractivity contribution in [3.8, 4) is 0 Å². The van der Waals surface area contributed by atoms with Gasteiger partial charge < -0.3 is 10.6 Å². The van der Waals surface area contributed by atoms with Crippen molar-refractivity contribution >= 4 is 40.9 Å². The second kappa shape index (κ2) is 6.11. The molecule has 0 saturated carbocycles. The molecule has 1 fully saturated rings. The number of nitrogens with one attached hydrogen (secondary N) is 2. The van der Waals surface area contributed by atoms with Crippen LogP contribution in [0.4, 0.5) is 5.69 Å². The lowest BCUT2D eigenvalue weighted by Gasteiger charge is -2.20. The predicted octanol–water partition coefficient (Wildman–Crippen LogP) is 1.90. The van der Waals surface area contributed by atoms with Gasteiger partial charge in [-0.05, 0) is 18.2 Å². The van der Waals surface area contributed by atoms with Gasteiger partial charge in [0, 0.05) is 29.4 Å². The summed E-state index contributed by atoms with van der Waals surface area (Å²) in [7, 11) is 0. The normalized spacial score (nSPS) is 19.2. The van der Waals surface area contributed by atoms with Crippen molar-refractivity contribution in [2.45, 2.75) is 11.7 Å². The summed E-state index contributed by atoms with van der Waals surface area (Å²) in [5.74, 6) is 0.611. The Balaban J connectivity index is 1.90. The number of benzene rings is 1. The molecule has 4 nitrogen and oxygen atoms in total. The molecule has 2 rings (SSSR count). The first-order valence-corrected chi connectivity index (χ1v) is 7.02. The van der Waals surface area contributed by atoms with Gasteiger partial charge >= 0.3 is 0 Å². The number of halogens is 1. The maximum atomic E-state index is 11.8. The van der Waals surface area contributed by atoms with E-state index in [9.17, 15) is 9.59 Å². The Morgan fingerprint density at radius 2 is 2.39 bits per heavy atom. The lowest BCUT2D eigenvalue weighted by molar-refractivity contribution is -0.123. The number of carbonyl (C=O) groups excluding carboxylic acids is 2. The fourth-order valence-corrected chi connectivity index (χ4v) is 2.86. The number of amides is 2. The summed E-state index contributed by atoms with van der Waals surface area (Å²) in [4.78, 5) is 23.3. The van der Waals surface area contributed by atoms with E-state index >= 15 is 0 Å². The molecule has 1 heterocycles. The average molecular weight is 285 g/mol. The molecule has 2 amide bonds. The van der Waals surface area contributed by atoms with Crippen molar-refractivity contribution in [3.05, 3.63) is 29.3 Å². The summed E-state index contributed by atoms with van der Waals surface area (Å²) in [6.45, 7) is 0.677. The molecule has 1 saturated heterocycles. The lowest BCUT2D eigenvalue weighted by Crippen LogP contribution is -2.40. The first-order valence-electron chi connectivity index (χ1n) is 5.60. The number of thioether (sulfide) groups is 1. The van der Waals surface area contributed by atoms with E-state index in [1.165, 1.54) is 11.8 Å². The van der Waals surface area contributed by atoms with E-state index in [2.05, 4.69) is 10.6 Å². The van der Waals surface area contributed by atoms with Gasteiger partial charge in [0.1, 0.15) is 0 Å². The van der Waals surface area contributed by atoms with Crippen LogP contribution < -0.4 is 10.6 Å². The van der Waals surface area contributed by atoms with Crippen molar-refractivity contribution in [2.75, 3.05) is 17.6 Å². The summed E-state index contributed by atoms with van der Waals surface area (Å²) in [6.07, 6.45) is 0.184. The molecule has 0 bridgehead atoms. The molecule has 0 aromatic heterocycles. The van der Waals surface area contributed by atoms with Gasteiger partial charge in [0.15, 0.2) is 0 Å². The second-order valence-electron chi connectivity index (χ2n) is 3.91. The highest BCUT2D eigenvalue weighted by molar-refractivity contribution is 8.00. The zero-order valence-corrected chi connectivity index (χ0v) is 11.2. The highest BCUT2D eigenvalue weighted by atomic mass is 35.5. The molecule has 0 unspecified atom stereocenters. The third-order valence-electron chi connectivity index (χ3n) is 2.49. The largest absolute Gasteiger partial charge is 0.354 e. The molecule has 1 aliphatic rings. The molecule has 1 aromatic carbocycles. The van der Waals surface area contributed by atoms with Crippen LogP contribution in [0.5, 0.6) is 0 Å². The maximum absolute atomic E-state index is 11.8. The van der Waals surface area contributed by atoms with Crippen LogP contribution in [0.3, 0.4) is 0 Å². The SMILES string of the molecule is O=C(C[C@@H]1SCCNC1=O)Nc1cccc(Cl)c1. The third kappa shape index (κ3) is 3.65. The molecule has 6 heteroatoms. The number of carbonyl (C=O) groups is 2. The van der Waals surface area contributed by atoms with Crippen LogP contribution in [0.2, 0.25) is 5.02 Å². The van der Waals surface area contributed by atoms with Crippen LogP contribution in [0.25, 0.3) is 0 Å². The zero-order chi connectivity index (χ0) is 13.0. The van der Waals surface area contributed by atoms with E-state index < -0.39 is 0 Å². The quantitative estimate of drug-likeness (QED) is 0.891. The van der Waals surface area contributed by atoms with E-state index in [4.69, 9.17) is 11.6 Å². The van der Waals surface area contributed by atoms with Crippen molar-refractivity contribution in [2.24, 2.45) is 0 Å². The summed E-state index contributed by atoms with van der Waals surface area (Å²) >= 11 is 7.34. The highest BCUT2D eigenvalue weighted by Crippen LogP contribution is 2.20. The topological polar surface area (TPSA) is 58.2 Å². The third-order valence-corrected chi connectivity index (χ3v) is 3.95. The van der Waals surface area contributed by atoms with Crippen molar-refractivity contribution < 1.29 is 9.59 Å². The van der Waals surface area contributed by atoms with E-state index in [-0.39, 0.29) is 23.5 Å². The molecular weight excluding hydrogens is 272 g/mol. The number of rotatable bonds is 3. The summed E-state index contributed by atoms with van der Waals surface area (Å²) in [5.41, 5.74) is 0.647. The number of anilines is 1. The Morgan fingerprint density at radius 3 is 3.11 bits per heavy atom. The Hall–Kier alpha value is -1.20. The fourth-order valence-electron chi connectivity index (χ4n) is 1.66.